The van der Waals surface area contributed by atoms with Crippen LogP contribution in [-0.2, 0) is 14.3 Å². The summed E-state index contributed by atoms with van der Waals surface area (Å²) < 4.78 is 11.3. The van der Waals surface area contributed by atoms with Gasteiger partial charge in [-0.3, -0.25) is 4.79 Å². The monoisotopic (exact) mass is 266 g/mol. The van der Waals surface area contributed by atoms with Crippen LogP contribution >= 0.6 is 0 Å². The third-order valence-corrected chi connectivity index (χ3v) is 6.37. The van der Waals surface area contributed by atoms with Gasteiger partial charge in [-0.15, -0.1) is 0 Å². The molecule has 2 saturated heterocycles. The summed E-state index contributed by atoms with van der Waals surface area (Å²) in [5, 5.41) is 10.9. The maximum Gasteiger partial charge on any atom is 0.309 e. The predicted octanol–water partition coefficient (Wildman–Crippen LogP) is 1.50. The second-order valence-corrected chi connectivity index (χ2v) is 7.46. The third kappa shape index (κ3) is 1.44. The number of epoxide rings is 1. The molecular weight excluding hydrogens is 244 g/mol. The number of aliphatic hydroxyl groups is 1. The van der Waals surface area contributed by atoms with Gasteiger partial charge in [-0.1, -0.05) is 6.92 Å². The van der Waals surface area contributed by atoms with Crippen LogP contribution in [0.2, 0.25) is 0 Å². The maximum atomic E-state index is 11.8. The van der Waals surface area contributed by atoms with E-state index in [1.54, 1.807) is 0 Å². The maximum absolute atomic E-state index is 11.8. The molecule has 19 heavy (non-hydrogen) atoms. The lowest BCUT2D eigenvalue weighted by molar-refractivity contribution is -0.146. The first-order valence-corrected chi connectivity index (χ1v) is 7.43. The summed E-state index contributed by atoms with van der Waals surface area (Å²) in [7, 11) is 0. The van der Waals surface area contributed by atoms with Crippen LogP contribution in [0.4, 0.5) is 0 Å². The van der Waals surface area contributed by atoms with Gasteiger partial charge in [-0.05, 0) is 38.5 Å². The smallest absolute Gasteiger partial charge is 0.309 e. The van der Waals surface area contributed by atoms with Crippen molar-refractivity contribution in [2.75, 3.05) is 0 Å². The fourth-order valence-electron chi connectivity index (χ4n) is 5.00. The Bertz CT molecular complexity index is 445. The molecule has 2 aliphatic carbocycles. The molecule has 0 amide bonds. The highest BCUT2D eigenvalue weighted by Gasteiger charge is 2.70. The van der Waals surface area contributed by atoms with E-state index in [-0.39, 0.29) is 35.4 Å². The van der Waals surface area contributed by atoms with Crippen LogP contribution in [0.3, 0.4) is 0 Å². The second-order valence-electron chi connectivity index (χ2n) is 7.46. The van der Waals surface area contributed by atoms with Crippen molar-refractivity contribution < 1.29 is 19.4 Å². The Morgan fingerprint density at radius 2 is 2.00 bits per heavy atom. The average molecular weight is 266 g/mol. The first-order chi connectivity index (χ1) is 8.83. The summed E-state index contributed by atoms with van der Waals surface area (Å²) in [6.07, 6.45) is 2.70. The third-order valence-electron chi connectivity index (χ3n) is 6.37. The molecule has 1 N–H and O–H groups in total. The van der Waals surface area contributed by atoms with Gasteiger partial charge in [0.2, 0.25) is 0 Å². The summed E-state index contributed by atoms with van der Waals surface area (Å²) >= 11 is 0. The van der Waals surface area contributed by atoms with Gasteiger partial charge in [-0.2, -0.15) is 0 Å². The largest absolute Gasteiger partial charge is 0.462 e. The van der Waals surface area contributed by atoms with Crippen LogP contribution in [0.15, 0.2) is 0 Å². The standard InChI is InChI=1S/C15H22O4/c1-7-8-4-10-9(5-12-15(10,3)19-12)14(2,17)6-11(8)18-13(7)16/h7-12,17H,4-6H2,1-3H3/t7-,8+,9+,10+,11-,12-,14+,15+/m0/s1. The predicted molar refractivity (Wildman–Crippen MR) is 67.3 cm³/mol. The van der Waals surface area contributed by atoms with Crippen molar-refractivity contribution in [2.24, 2.45) is 23.7 Å². The van der Waals surface area contributed by atoms with Gasteiger partial charge < -0.3 is 14.6 Å². The molecule has 4 fully saturated rings. The minimum Gasteiger partial charge on any atom is -0.462 e. The summed E-state index contributed by atoms with van der Waals surface area (Å²) in [5.74, 6) is 0.752. The van der Waals surface area contributed by atoms with E-state index in [4.69, 9.17) is 9.47 Å². The number of ether oxygens (including phenoxy) is 2. The van der Waals surface area contributed by atoms with Crippen molar-refractivity contribution in [3.05, 3.63) is 0 Å². The highest BCUT2D eigenvalue weighted by Crippen LogP contribution is 2.63. The number of carbonyl (C=O) groups is 1. The molecule has 2 heterocycles. The van der Waals surface area contributed by atoms with Crippen molar-refractivity contribution in [1.82, 2.24) is 0 Å². The van der Waals surface area contributed by atoms with Gasteiger partial charge in [0.25, 0.3) is 0 Å². The van der Waals surface area contributed by atoms with Gasteiger partial charge in [0.1, 0.15) is 6.10 Å². The van der Waals surface area contributed by atoms with Crippen LogP contribution in [0.1, 0.15) is 40.0 Å². The molecule has 4 heteroatoms. The molecule has 0 radical (unpaired) electrons. The Kier molecular flexibility index (Phi) is 2.14. The van der Waals surface area contributed by atoms with Crippen molar-refractivity contribution in [2.45, 2.75) is 63.4 Å². The summed E-state index contributed by atoms with van der Waals surface area (Å²) in [5.41, 5.74) is -0.802. The molecule has 0 aromatic carbocycles. The zero-order chi connectivity index (χ0) is 13.6. The normalized spacial score (nSPS) is 62.8. The van der Waals surface area contributed by atoms with E-state index < -0.39 is 5.60 Å². The van der Waals surface area contributed by atoms with Gasteiger partial charge in [0.05, 0.1) is 23.2 Å². The van der Waals surface area contributed by atoms with E-state index in [2.05, 4.69) is 6.92 Å². The highest BCUT2D eigenvalue weighted by atomic mass is 16.6. The first-order valence-electron chi connectivity index (χ1n) is 7.43. The molecule has 0 unspecified atom stereocenters. The first kappa shape index (κ1) is 12.2. The topological polar surface area (TPSA) is 59.1 Å². The molecule has 106 valence electrons. The SMILES string of the molecule is C[C@@H]1C(=O)O[C@H]2C[C@@](C)(O)[C@@H]3C[C@@H]4O[C@]4(C)[C@@H]3C[C@@H]21. The molecule has 0 spiro atoms. The lowest BCUT2D eigenvalue weighted by atomic mass is 9.76. The molecule has 0 bridgehead atoms. The van der Waals surface area contributed by atoms with Gasteiger partial charge >= 0.3 is 5.97 Å². The van der Waals surface area contributed by atoms with Crippen LogP contribution in [0, 0.1) is 23.7 Å². The average Bonchev–Trinajstić information content (AvgIpc) is 2.83. The molecule has 4 nitrogen and oxygen atoms in total. The Labute approximate surface area is 113 Å². The minimum atomic E-state index is -0.742. The van der Waals surface area contributed by atoms with Crippen molar-refractivity contribution in [1.29, 1.82) is 0 Å². The molecule has 2 aliphatic heterocycles. The van der Waals surface area contributed by atoms with E-state index in [1.165, 1.54) is 0 Å². The van der Waals surface area contributed by atoms with Gasteiger partial charge in [-0.25, -0.2) is 0 Å². The Morgan fingerprint density at radius 1 is 1.26 bits per heavy atom. The molecule has 0 aromatic heterocycles. The van der Waals surface area contributed by atoms with E-state index >= 15 is 0 Å². The fraction of sp³-hybridized carbons (Fsp3) is 0.933. The van der Waals surface area contributed by atoms with E-state index in [9.17, 15) is 9.90 Å². The lowest BCUT2D eigenvalue weighted by Crippen LogP contribution is -2.40. The van der Waals surface area contributed by atoms with Crippen molar-refractivity contribution in [3.63, 3.8) is 0 Å². The number of esters is 1. The van der Waals surface area contributed by atoms with Crippen LogP contribution in [0.25, 0.3) is 0 Å². The van der Waals surface area contributed by atoms with E-state index in [0.29, 0.717) is 18.4 Å². The minimum absolute atomic E-state index is 0.0408. The van der Waals surface area contributed by atoms with Crippen LogP contribution < -0.4 is 0 Å². The zero-order valence-electron chi connectivity index (χ0n) is 11.8. The molecule has 4 rings (SSSR count). The summed E-state index contributed by atoms with van der Waals surface area (Å²) in [6, 6.07) is 0. The zero-order valence-corrected chi connectivity index (χ0v) is 11.8. The van der Waals surface area contributed by atoms with Crippen molar-refractivity contribution in [3.8, 4) is 0 Å². The lowest BCUT2D eigenvalue weighted by Gasteiger charge is -2.35. The van der Waals surface area contributed by atoms with Gasteiger partial charge in [0, 0.05) is 12.3 Å². The molecule has 8 atom stereocenters. The quantitative estimate of drug-likeness (QED) is 0.533. The van der Waals surface area contributed by atoms with Crippen molar-refractivity contribution >= 4 is 5.97 Å². The molecular formula is C15H22O4. The fourth-order valence-corrected chi connectivity index (χ4v) is 5.00. The second kappa shape index (κ2) is 3.34. The Balaban J connectivity index is 1.71. The molecule has 0 aromatic rings. The highest BCUT2D eigenvalue weighted by molar-refractivity contribution is 5.74. The molecule has 2 saturated carbocycles. The van der Waals surface area contributed by atoms with Gasteiger partial charge in [0.15, 0.2) is 0 Å². The van der Waals surface area contributed by atoms with E-state index in [0.717, 1.165) is 12.8 Å². The van der Waals surface area contributed by atoms with E-state index in [1.807, 2.05) is 13.8 Å². The summed E-state index contributed by atoms with van der Waals surface area (Å²) in [4.78, 5) is 11.8. The number of hydrogen-bond donors (Lipinski definition) is 1. The number of hydrogen-bond acceptors (Lipinski definition) is 4. The Hall–Kier alpha value is -0.610. The van der Waals surface area contributed by atoms with Crippen LogP contribution in [0.5, 0.6) is 0 Å². The molecule has 4 aliphatic rings. The summed E-state index contributed by atoms with van der Waals surface area (Å²) in [6.45, 7) is 6.05. The number of fused-ring (bicyclic) bond motifs is 4. The Morgan fingerprint density at radius 3 is 2.74 bits per heavy atom. The number of rotatable bonds is 0. The van der Waals surface area contributed by atoms with Crippen LogP contribution in [-0.4, -0.2) is 34.5 Å². The number of carbonyl (C=O) groups excluding carboxylic acids is 1.